The summed E-state index contributed by atoms with van der Waals surface area (Å²) < 4.78 is 0. The lowest BCUT2D eigenvalue weighted by atomic mass is 10.2. The van der Waals surface area contributed by atoms with Crippen LogP contribution in [-0.2, 0) is 9.59 Å². The van der Waals surface area contributed by atoms with Crippen molar-refractivity contribution in [3.05, 3.63) is 49.6 Å². The molecule has 2 N–H and O–H groups in total. The van der Waals surface area contributed by atoms with Crippen molar-refractivity contribution < 1.29 is 9.59 Å². The van der Waals surface area contributed by atoms with E-state index in [1.807, 2.05) is 0 Å². The number of anilines is 2. The largest absolute Gasteiger partial charge is 0.326 e. The zero-order chi connectivity index (χ0) is 13.4. The van der Waals surface area contributed by atoms with Crippen molar-refractivity contribution in [3.8, 4) is 0 Å². The highest BCUT2D eigenvalue weighted by atomic mass is 16.2. The van der Waals surface area contributed by atoms with Gasteiger partial charge in [-0.25, -0.2) is 0 Å². The molecule has 18 heavy (non-hydrogen) atoms. The summed E-state index contributed by atoms with van der Waals surface area (Å²) in [6, 6.07) is 6.96. The molecule has 0 atom stereocenters. The minimum absolute atomic E-state index is 0.139. The van der Waals surface area contributed by atoms with E-state index in [1.165, 1.54) is 12.2 Å². The summed E-state index contributed by atoms with van der Waals surface area (Å²) in [6.45, 7) is 6.98. The van der Waals surface area contributed by atoms with Crippen molar-refractivity contribution in [3.63, 3.8) is 0 Å². The molecule has 94 valence electrons. The van der Waals surface area contributed by atoms with Crippen molar-refractivity contribution in [2.45, 2.75) is 12.8 Å². The Labute approximate surface area is 106 Å². The number of carbonyl (C=O) groups is 2. The minimum atomic E-state index is -0.139. The summed E-state index contributed by atoms with van der Waals surface area (Å²) in [5.41, 5.74) is 1.27. The van der Waals surface area contributed by atoms with Crippen LogP contribution in [0.4, 0.5) is 11.4 Å². The number of amides is 2. The molecular weight excluding hydrogens is 228 g/mol. The highest BCUT2D eigenvalue weighted by molar-refractivity contribution is 5.94. The van der Waals surface area contributed by atoms with Gasteiger partial charge in [0, 0.05) is 24.2 Å². The van der Waals surface area contributed by atoms with Crippen LogP contribution in [0.5, 0.6) is 0 Å². The van der Waals surface area contributed by atoms with Gasteiger partial charge in [0.15, 0.2) is 0 Å². The second-order valence-corrected chi connectivity index (χ2v) is 3.66. The van der Waals surface area contributed by atoms with E-state index in [9.17, 15) is 9.59 Å². The van der Waals surface area contributed by atoms with E-state index in [1.54, 1.807) is 24.3 Å². The van der Waals surface area contributed by atoms with Gasteiger partial charge in [-0.2, -0.15) is 0 Å². The maximum atomic E-state index is 11.4. The first-order valence-electron chi connectivity index (χ1n) is 5.57. The van der Waals surface area contributed by atoms with Crippen LogP contribution in [0.2, 0.25) is 0 Å². The molecule has 0 aliphatic rings. The van der Waals surface area contributed by atoms with Gasteiger partial charge in [-0.3, -0.25) is 9.59 Å². The molecule has 0 radical (unpaired) electrons. The fourth-order valence-electron chi connectivity index (χ4n) is 1.36. The Hall–Kier alpha value is -2.36. The van der Waals surface area contributed by atoms with Crippen LogP contribution in [0.25, 0.3) is 0 Å². The number of nitrogens with one attached hydrogen (secondary N) is 2. The molecule has 0 aliphatic carbocycles. The molecule has 1 aromatic carbocycles. The van der Waals surface area contributed by atoms with Crippen LogP contribution in [0.1, 0.15) is 12.8 Å². The Morgan fingerprint density at radius 3 is 1.83 bits per heavy atom. The standard InChI is InChI=1S/C14H16N2O2/c1-3-6-13(17)15-11-8-5-9-12(10-11)16-14(18)7-4-2/h3-5,8-10H,1-2,6-7H2,(H,15,17)(H,16,18). The quantitative estimate of drug-likeness (QED) is 0.756. The zero-order valence-corrected chi connectivity index (χ0v) is 10.1. The molecule has 0 aliphatic heterocycles. The summed E-state index contributed by atoms with van der Waals surface area (Å²) in [5, 5.41) is 5.41. The summed E-state index contributed by atoms with van der Waals surface area (Å²) in [6.07, 6.45) is 3.58. The van der Waals surface area contributed by atoms with Gasteiger partial charge in [0.05, 0.1) is 0 Å². The van der Waals surface area contributed by atoms with Crippen molar-refractivity contribution in [2.24, 2.45) is 0 Å². The van der Waals surface area contributed by atoms with E-state index in [4.69, 9.17) is 0 Å². The predicted octanol–water partition coefficient (Wildman–Crippen LogP) is 2.72. The van der Waals surface area contributed by atoms with Crippen LogP contribution in [0, 0.1) is 0 Å². The van der Waals surface area contributed by atoms with Crippen molar-refractivity contribution in [1.82, 2.24) is 0 Å². The Morgan fingerprint density at radius 2 is 1.44 bits per heavy atom. The maximum Gasteiger partial charge on any atom is 0.228 e. The number of carbonyl (C=O) groups excluding carboxylic acids is 2. The normalized spacial score (nSPS) is 9.33. The molecule has 0 spiro atoms. The third kappa shape index (κ3) is 4.65. The number of rotatable bonds is 6. The van der Waals surface area contributed by atoms with Gasteiger partial charge in [0.2, 0.25) is 11.8 Å². The molecule has 1 aromatic rings. The fraction of sp³-hybridized carbons (Fsp3) is 0.143. The zero-order valence-electron chi connectivity index (χ0n) is 10.1. The van der Waals surface area contributed by atoms with Crippen molar-refractivity contribution >= 4 is 23.2 Å². The summed E-state index contributed by atoms with van der Waals surface area (Å²) >= 11 is 0. The SMILES string of the molecule is C=CCC(=O)Nc1cccc(NC(=O)CC=C)c1. The molecule has 0 unspecified atom stereocenters. The van der Waals surface area contributed by atoms with Gasteiger partial charge >= 0.3 is 0 Å². The second-order valence-electron chi connectivity index (χ2n) is 3.66. The molecule has 0 bridgehead atoms. The van der Waals surface area contributed by atoms with Crippen molar-refractivity contribution in [1.29, 1.82) is 0 Å². The molecule has 0 aromatic heterocycles. The van der Waals surface area contributed by atoms with E-state index < -0.39 is 0 Å². The molecular formula is C14H16N2O2. The summed E-state index contributed by atoms with van der Waals surface area (Å²) in [4.78, 5) is 22.7. The molecule has 4 heteroatoms. The maximum absolute atomic E-state index is 11.4. The van der Waals surface area contributed by atoms with E-state index in [0.29, 0.717) is 11.4 Å². The number of hydrogen-bond donors (Lipinski definition) is 2. The fourth-order valence-corrected chi connectivity index (χ4v) is 1.36. The lowest BCUT2D eigenvalue weighted by Gasteiger charge is -2.07. The molecule has 0 saturated heterocycles. The topological polar surface area (TPSA) is 58.2 Å². The van der Waals surface area contributed by atoms with Crippen LogP contribution in [0.15, 0.2) is 49.6 Å². The first kappa shape index (κ1) is 13.7. The van der Waals surface area contributed by atoms with Gasteiger partial charge in [0.25, 0.3) is 0 Å². The van der Waals surface area contributed by atoms with Gasteiger partial charge in [-0.15, -0.1) is 13.2 Å². The Bertz CT molecular complexity index is 427. The lowest BCUT2D eigenvalue weighted by Crippen LogP contribution is -2.12. The van der Waals surface area contributed by atoms with Crippen LogP contribution in [0.3, 0.4) is 0 Å². The second kappa shape index (κ2) is 7.06. The van der Waals surface area contributed by atoms with Crippen LogP contribution < -0.4 is 10.6 Å². The third-order valence-electron chi connectivity index (χ3n) is 2.09. The average Bonchev–Trinajstić information content (AvgIpc) is 2.29. The monoisotopic (exact) mass is 244 g/mol. The van der Waals surface area contributed by atoms with E-state index in [0.717, 1.165) is 0 Å². The predicted molar refractivity (Wildman–Crippen MR) is 73.3 cm³/mol. The van der Waals surface area contributed by atoms with E-state index in [-0.39, 0.29) is 24.7 Å². The van der Waals surface area contributed by atoms with E-state index in [2.05, 4.69) is 23.8 Å². The van der Waals surface area contributed by atoms with Crippen molar-refractivity contribution in [2.75, 3.05) is 10.6 Å². The molecule has 4 nitrogen and oxygen atoms in total. The molecule has 0 heterocycles. The molecule has 0 fully saturated rings. The Balaban J connectivity index is 2.67. The highest BCUT2D eigenvalue weighted by Gasteiger charge is 2.03. The summed E-state index contributed by atoms with van der Waals surface area (Å²) in [7, 11) is 0. The Kier molecular flexibility index (Phi) is 5.38. The Morgan fingerprint density at radius 1 is 1.00 bits per heavy atom. The first-order valence-corrected chi connectivity index (χ1v) is 5.57. The first-order chi connectivity index (χ1) is 8.65. The van der Waals surface area contributed by atoms with E-state index >= 15 is 0 Å². The lowest BCUT2D eigenvalue weighted by molar-refractivity contribution is -0.116. The van der Waals surface area contributed by atoms with Gasteiger partial charge < -0.3 is 10.6 Å². The number of benzene rings is 1. The average molecular weight is 244 g/mol. The molecule has 1 rings (SSSR count). The minimum Gasteiger partial charge on any atom is -0.326 e. The molecule has 2 amide bonds. The van der Waals surface area contributed by atoms with Crippen LogP contribution >= 0.6 is 0 Å². The van der Waals surface area contributed by atoms with Gasteiger partial charge in [-0.05, 0) is 18.2 Å². The van der Waals surface area contributed by atoms with Crippen LogP contribution in [-0.4, -0.2) is 11.8 Å². The third-order valence-corrected chi connectivity index (χ3v) is 2.09. The van der Waals surface area contributed by atoms with Gasteiger partial charge in [-0.1, -0.05) is 18.2 Å². The highest BCUT2D eigenvalue weighted by Crippen LogP contribution is 2.15. The van der Waals surface area contributed by atoms with Gasteiger partial charge in [0.1, 0.15) is 0 Å². The molecule has 0 saturated carbocycles. The summed E-state index contributed by atoms with van der Waals surface area (Å²) in [5.74, 6) is -0.279. The smallest absolute Gasteiger partial charge is 0.228 e. The number of hydrogen-bond acceptors (Lipinski definition) is 2.